The van der Waals surface area contributed by atoms with E-state index in [1.807, 2.05) is 56.3 Å². The van der Waals surface area contributed by atoms with Gasteiger partial charge in [-0.05, 0) is 37.6 Å². The zero-order chi connectivity index (χ0) is 15.2. The molecule has 3 N–H and O–H groups in total. The van der Waals surface area contributed by atoms with Crippen molar-refractivity contribution in [2.45, 2.75) is 26.5 Å². The number of hydrogen-bond donors (Lipinski definition) is 2. The number of benzene rings is 2. The van der Waals surface area contributed by atoms with Crippen molar-refractivity contribution < 1.29 is 9.47 Å². The fraction of sp³-hybridized carbons (Fsp3) is 0.294. The highest BCUT2D eigenvalue weighted by molar-refractivity contribution is 5.59. The van der Waals surface area contributed by atoms with Crippen LogP contribution in [0.1, 0.15) is 19.4 Å². The fourth-order valence-electron chi connectivity index (χ4n) is 2.01. The minimum absolute atomic E-state index is 0.126. The lowest BCUT2D eigenvalue weighted by molar-refractivity contribution is 0.242. The molecule has 4 heteroatoms. The van der Waals surface area contributed by atoms with Gasteiger partial charge in [0.2, 0.25) is 0 Å². The van der Waals surface area contributed by atoms with Crippen LogP contribution in [0.3, 0.4) is 0 Å². The molecule has 0 heterocycles. The van der Waals surface area contributed by atoms with Crippen LogP contribution in [0.4, 0.5) is 11.4 Å². The molecule has 0 saturated carbocycles. The average Bonchev–Trinajstić information content (AvgIpc) is 2.44. The third-order valence-electron chi connectivity index (χ3n) is 2.96. The summed E-state index contributed by atoms with van der Waals surface area (Å²) in [5.74, 6) is 1.64. The van der Waals surface area contributed by atoms with Gasteiger partial charge in [-0.2, -0.15) is 0 Å². The zero-order valence-electron chi connectivity index (χ0n) is 12.7. The molecule has 0 aromatic heterocycles. The summed E-state index contributed by atoms with van der Waals surface area (Å²) in [6, 6.07) is 13.6. The summed E-state index contributed by atoms with van der Waals surface area (Å²) in [6.07, 6.45) is 0.126. The quantitative estimate of drug-likeness (QED) is 0.795. The lowest BCUT2D eigenvalue weighted by atomic mass is 10.2. The molecule has 2 aromatic rings. The molecular weight excluding hydrogens is 264 g/mol. The smallest absolute Gasteiger partial charge is 0.123 e. The summed E-state index contributed by atoms with van der Waals surface area (Å²) in [5, 5.41) is 3.35. The van der Waals surface area contributed by atoms with Crippen LogP contribution in [0, 0.1) is 0 Å². The van der Waals surface area contributed by atoms with Gasteiger partial charge in [0.15, 0.2) is 0 Å². The van der Waals surface area contributed by atoms with Gasteiger partial charge in [0, 0.05) is 30.1 Å². The first kappa shape index (κ1) is 15.0. The summed E-state index contributed by atoms with van der Waals surface area (Å²) >= 11 is 0. The maximum atomic E-state index is 5.91. The predicted octanol–water partition coefficient (Wildman–Crippen LogP) is 3.68. The van der Waals surface area contributed by atoms with Gasteiger partial charge in [0.05, 0.1) is 13.2 Å². The Bertz CT molecular complexity index is 580. The monoisotopic (exact) mass is 286 g/mol. The number of nitrogen functional groups attached to an aromatic ring is 1. The van der Waals surface area contributed by atoms with Crippen molar-refractivity contribution >= 4 is 11.4 Å². The van der Waals surface area contributed by atoms with E-state index in [1.54, 1.807) is 7.11 Å². The Morgan fingerprint density at radius 1 is 1.05 bits per heavy atom. The largest absolute Gasteiger partial charge is 0.497 e. The van der Waals surface area contributed by atoms with Gasteiger partial charge in [0.25, 0.3) is 0 Å². The van der Waals surface area contributed by atoms with E-state index in [2.05, 4.69) is 5.32 Å². The van der Waals surface area contributed by atoms with Gasteiger partial charge < -0.3 is 20.5 Å². The molecule has 0 spiro atoms. The molecule has 2 aromatic carbocycles. The van der Waals surface area contributed by atoms with Crippen LogP contribution >= 0.6 is 0 Å². The van der Waals surface area contributed by atoms with Crippen LogP contribution < -0.4 is 20.5 Å². The zero-order valence-corrected chi connectivity index (χ0v) is 12.7. The number of rotatable bonds is 6. The van der Waals surface area contributed by atoms with E-state index in [0.29, 0.717) is 12.2 Å². The third-order valence-corrected chi connectivity index (χ3v) is 2.96. The number of methoxy groups -OCH3 is 1. The molecule has 0 aliphatic heterocycles. The molecule has 0 radical (unpaired) electrons. The van der Waals surface area contributed by atoms with E-state index in [0.717, 1.165) is 17.2 Å². The number of hydrogen-bond acceptors (Lipinski definition) is 4. The highest BCUT2D eigenvalue weighted by Crippen LogP contribution is 2.24. The Hall–Kier alpha value is -2.36. The Labute approximate surface area is 125 Å². The van der Waals surface area contributed by atoms with Crippen LogP contribution in [0.15, 0.2) is 42.5 Å². The molecule has 0 bridgehead atoms. The van der Waals surface area contributed by atoms with Crippen LogP contribution in [0.25, 0.3) is 0 Å². The molecule has 0 atom stereocenters. The SMILES string of the molecule is COc1ccc(CNc2cc(N)cc(OC(C)C)c2)cc1. The Morgan fingerprint density at radius 3 is 2.38 bits per heavy atom. The van der Waals surface area contributed by atoms with E-state index in [4.69, 9.17) is 15.2 Å². The van der Waals surface area contributed by atoms with Gasteiger partial charge in [-0.1, -0.05) is 12.1 Å². The van der Waals surface area contributed by atoms with Gasteiger partial charge in [0.1, 0.15) is 11.5 Å². The fourth-order valence-corrected chi connectivity index (χ4v) is 2.01. The van der Waals surface area contributed by atoms with Crippen LogP contribution in [0.2, 0.25) is 0 Å². The van der Waals surface area contributed by atoms with Crippen molar-refractivity contribution in [1.82, 2.24) is 0 Å². The Morgan fingerprint density at radius 2 is 1.76 bits per heavy atom. The highest BCUT2D eigenvalue weighted by atomic mass is 16.5. The van der Waals surface area contributed by atoms with Crippen molar-refractivity contribution in [3.8, 4) is 11.5 Å². The van der Waals surface area contributed by atoms with Crippen molar-refractivity contribution in [1.29, 1.82) is 0 Å². The van der Waals surface area contributed by atoms with E-state index >= 15 is 0 Å². The Balaban J connectivity index is 2.03. The van der Waals surface area contributed by atoms with Crippen molar-refractivity contribution in [3.63, 3.8) is 0 Å². The van der Waals surface area contributed by atoms with Gasteiger partial charge >= 0.3 is 0 Å². The van der Waals surface area contributed by atoms with Crippen LogP contribution in [-0.4, -0.2) is 13.2 Å². The number of anilines is 2. The van der Waals surface area contributed by atoms with Crippen LogP contribution in [-0.2, 0) is 6.54 Å². The molecule has 0 aliphatic rings. The topological polar surface area (TPSA) is 56.5 Å². The average molecular weight is 286 g/mol. The summed E-state index contributed by atoms with van der Waals surface area (Å²) in [6.45, 7) is 4.70. The molecule has 0 saturated heterocycles. The number of ether oxygens (including phenoxy) is 2. The number of nitrogens with two attached hydrogens (primary N) is 1. The van der Waals surface area contributed by atoms with Gasteiger partial charge in [-0.25, -0.2) is 0 Å². The second-order valence-electron chi connectivity index (χ2n) is 5.16. The third kappa shape index (κ3) is 4.60. The van der Waals surface area contributed by atoms with Crippen molar-refractivity contribution in [2.24, 2.45) is 0 Å². The Kier molecular flexibility index (Phi) is 4.93. The van der Waals surface area contributed by atoms with Crippen molar-refractivity contribution in [2.75, 3.05) is 18.2 Å². The van der Waals surface area contributed by atoms with Gasteiger partial charge in [-0.3, -0.25) is 0 Å². The minimum atomic E-state index is 0.126. The lowest BCUT2D eigenvalue weighted by Crippen LogP contribution is -2.07. The maximum absolute atomic E-state index is 5.91. The molecule has 2 rings (SSSR count). The summed E-state index contributed by atoms with van der Waals surface area (Å²) in [7, 11) is 1.66. The molecule has 0 unspecified atom stereocenters. The summed E-state index contributed by atoms with van der Waals surface area (Å²) in [5.41, 5.74) is 8.71. The molecule has 4 nitrogen and oxygen atoms in total. The maximum Gasteiger partial charge on any atom is 0.123 e. The summed E-state index contributed by atoms with van der Waals surface area (Å²) < 4.78 is 10.8. The highest BCUT2D eigenvalue weighted by Gasteiger charge is 2.03. The first-order valence-electron chi connectivity index (χ1n) is 7.01. The van der Waals surface area contributed by atoms with E-state index in [-0.39, 0.29) is 6.10 Å². The second-order valence-corrected chi connectivity index (χ2v) is 5.16. The van der Waals surface area contributed by atoms with E-state index in [9.17, 15) is 0 Å². The second kappa shape index (κ2) is 6.88. The van der Waals surface area contributed by atoms with E-state index in [1.165, 1.54) is 5.56 Å². The first-order chi connectivity index (χ1) is 10.1. The molecule has 21 heavy (non-hydrogen) atoms. The standard InChI is InChI=1S/C17H22N2O2/c1-12(2)21-17-9-14(18)8-15(10-17)19-11-13-4-6-16(20-3)7-5-13/h4-10,12,19H,11,18H2,1-3H3. The molecular formula is C17H22N2O2. The normalized spacial score (nSPS) is 10.5. The lowest BCUT2D eigenvalue weighted by Gasteiger charge is -2.13. The molecule has 0 aliphatic carbocycles. The van der Waals surface area contributed by atoms with E-state index < -0.39 is 0 Å². The number of nitrogens with one attached hydrogen (secondary N) is 1. The first-order valence-corrected chi connectivity index (χ1v) is 7.01. The molecule has 0 fully saturated rings. The predicted molar refractivity (Wildman–Crippen MR) is 86.9 cm³/mol. The molecule has 112 valence electrons. The minimum Gasteiger partial charge on any atom is -0.497 e. The summed E-state index contributed by atoms with van der Waals surface area (Å²) in [4.78, 5) is 0. The van der Waals surface area contributed by atoms with Crippen molar-refractivity contribution in [3.05, 3.63) is 48.0 Å². The van der Waals surface area contributed by atoms with Gasteiger partial charge in [-0.15, -0.1) is 0 Å². The van der Waals surface area contributed by atoms with Crippen LogP contribution in [0.5, 0.6) is 11.5 Å². The molecule has 0 amide bonds.